The summed E-state index contributed by atoms with van der Waals surface area (Å²) < 4.78 is 8.34. The van der Waals surface area contributed by atoms with Gasteiger partial charge in [0, 0.05) is 13.8 Å². The molecule has 4 nitrogen and oxygen atoms in total. The van der Waals surface area contributed by atoms with E-state index in [1.165, 1.54) is 13.8 Å². The minimum absolute atomic E-state index is 0.0463. The number of alkyl halides is 2. The van der Waals surface area contributed by atoms with Crippen molar-refractivity contribution in [1.82, 2.24) is 0 Å². The summed E-state index contributed by atoms with van der Waals surface area (Å²) in [7, 11) is 0. The first kappa shape index (κ1) is 14.1. The molecule has 0 aliphatic rings. The molecule has 12 heavy (non-hydrogen) atoms. The van der Waals surface area contributed by atoms with Gasteiger partial charge in [0.2, 0.25) is 0 Å². The Morgan fingerprint density at radius 3 is 1.25 bits per heavy atom. The van der Waals surface area contributed by atoms with Crippen LogP contribution in [0.4, 0.5) is 0 Å². The highest BCUT2D eigenvalue weighted by Crippen LogP contribution is 1.77. The van der Waals surface area contributed by atoms with E-state index in [0.29, 0.717) is 0 Å². The molecule has 0 radical (unpaired) electrons. The van der Waals surface area contributed by atoms with Crippen LogP contribution in [0.1, 0.15) is 13.8 Å². The maximum Gasteiger partial charge on any atom is 0.303 e. The number of hydrogen-bond acceptors (Lipinski definition) is 4. The molecule has 0 bridgehead atoms. The van der Waals surface area contributed by atoms with Gasteiger partial charge in [0.1, 0.15) is 0 Å². The quantitative estimate of drug-likeness (QED) is 0.519. The third-order valence-electron chi connectivity index (χ3n) is 0.516. The summed E-state index contributed by atoms with van der Waals surface area (Å²) in [5.41, 5.74) is 0. The molecule has 0 aromatic heterocycles. The number of halogens is 2. The van der Waals surface area contributed by atoms with E-state index in [9.17, 15) is 9.59 Å². The Morgan fingerprint density at radius 1 is 1.00 bits per heavy atom. The molecule has 0 unspecified atom stereocenters. The molecule has 0 saturated carbocycles. The van der Waals surface area contributed by atoms with Gasteiger partial charge in [-0.05, 0) is 0 Å². The Labute approximate surface area is 80.7 Å². The van der Waals surface area contributed by atoms with Gasteiger partial charge in [-0.3, -0.25) is 9.59 Å². The Balaban J connectivity index is 0. The molecule has 0 N–H and O–H groups in total. The van der Waals surface area contributed by atoms with Crippen LogP contribution in [0.2, 0.25) is 0 Å². The van der Waals surface area contributed by atoms with Crippen LogP contribution in [0.3, 0.4) is 0 Å². The fraction of sp³-hybridized carbons (Fsp3) is 0.667. The Bertz CT molecular complexity index is 122. The predicted octanol–water partition coefficient (Wildman–Crippen LogP) is 1.49. The van der Waals surface area contributed by atoms with Gasteiger partial charge in [-0.15, -0.1) is 0 Å². The minimum atomic E-state index is -0.343. The average molecular weight is 217 g/mol. The van der Waals surface area contributed by atoms with Crippen molar-refractivity contribution in [3.05, 3.63) is 0 Å². The molecule has 0 atom stereocenters. The number of ether oxygens (including phenoxy) is 2. The van der Waals surface area contributed by atoms with Gasteiger partial charge in [0.05, 0.1) is 0 Å². The topological polar surface area (TPSA) is 52.6 Å². The van der Waals surface area contributed by atoms with Gasteiger partial charge in [0.15, 0.2) is 12.1 Å². The molecule has 0 fully saturated rings. The fourth-order valence-electron chi connectivity index (χ4n) is 0.154. The number of rotatable bonds is 2. The van der Waals surface area contributed by atoms with Crippen LogP contribution in [0.15, 0.2) is 0 Å². The number of esters is 2. The molecule has 72 valence electrons. The van der Waals surface area contributed by atoms with Gasteiger partial charge < -0.3 is 9.47 Å². The maximum atomic E-state index is 9.74. The molecular weight excluding hydrogens is 207 g/mol. The second kappa shape index (κ2) is 10.5. The van der Waals surface area contributed by atoms with Crippen molar-refractivity contribution in [1.29, 1.82) is 0 Å². The van der Waals surface area contributed by atoms with Gasteiger partial charge >= 0.3 is 11.9 Å². The lowest BCUT2D eigenvalue weighted by molar-refractivity contribution is -0.139. The van der Waals surface area contributed by atoms with Crippen LogP contribution in [-0.4, -0.2) is 24.1 Å². The van der Waals surface area contributed by atoms with E-state index in [-0.39, 0.29) is 24.1 Å². The molecular formula is C6H10Cl2O4. The van der Waals surface area contributed by atoms with Crippen LogP contribution in [-0.2, 0) is 19.1 Å². The van der Waals surface area contributed by atoms with Gasteiger partial charge in [-0.25, -0.2) is 0 Å². The largest absolute Gasteiger partial charge is 0.450 e. The molecule has 0 aromatic rings. The smallest absolute Gasteiger partial charge is 0.303 e. The number of carbonyl (C=O) groups excluding carboxylic acids is 2. The number of carbonyl (C=O) groups is 2. The average Bonchev–Trinajstić information content (AvgIpc) is 1.87. The molecule has 0 spiro atoms. The highest BCUT2D eigenvalue weighted by Gasteiger charge is 1.83. The van der Waals surface area contributed by atoms with E-state index < -0.39 is 0 Å². The van der Waals surface area contributed by atoms with Crippen molar-refractivity contribution in [3.63, 3.8) is 0 Å². The zero-order chi connectivity index (χ0) is 9.98. The molecule has 6 heteroatoms. The zero-order valence-electron chi connectivity index (χ0n) is 6.80. The molecule has 0 amide bonds. The Kier molecular flexibility index (Phi) is 12.3. The lowest BCUT2D eigenvalue weighted by Gasteiger charge is -1.87. The van der Waals surface area contributed by atoms with Crippen LogP contribution in [0, 0.1) is 0 Å². The second-order valence-electron chi connectivity index (χ2n) is 1.49. The van der Waals surface area contributed by atoms with E-state index in [1.54, 1.807) is 0 Å². The van der Waals surface area contributed by atoms with Crippen LogP contribution >= 0.6 is 23.2 Å². The molecule has 0 aromatic carbocycles. The highest BCUT2D eigenvalue weighted by atomic mass is 35.5. The first-order valence-electron chi connectivity index (χ1n) is 2.93. The predicted molar refractivity (Wildman–Crippen MR) is 45.0 cm³/mol. The summed E-state index contributed by atoms with van der Waals surface area (Å²) in [5.74, 6) is -0.685. The summed E-state index contributed by atoms with van der Waals surface area (Å²) >= 11 is 9.91. The second-order valence-corrected chi connectivity index (χ2v) is 1.93. The summed E-state index contributed by atoms with van der Waals surface area (Å²) in [6, 6.07) is -0.0926. The van der Waals surface area contributed by atoms with Crippen LogP contribution < -0.4 is 0 Å². The summed E-state index contributed by atoms with van der Waals surface area (Å²) in [5, 5.41) is 0. The maximum absolute atomic E-state index is 9.74. The molecule has 0 aliphatic heterocycles. The van der Waals surface area contributed by atoms with E-state index in [1.807, 2.05) is 0 Å². The first-order chi connectivity index (χ1) is 5.54. The summed E-state index contributed by atoms with van der Waals surface area (Å²) in [4.78, 5) is 19.5. The fourth-order valence-corrected chi connectivity index (χ4v) is 0.461. The summed E-state index contributed by atoms with van der Waals surface area (Å²) in [6.07, 6.45) is 0. The van der Waals surface area contributed by atoms with Crippen molar-refractivity contribution in [2.24, 2.45) is 0 Å². The normalized spacial score (nSPS) is 7.67. The van der Waals surface area contributed by atoms with E-state index in [4.69, 9.17) is 23.2 Å². The molecule has 0 rings (SSSR count). The van der Waals surface area contributed by atoms with E-state index >= 15 is 0 Å². The Morgan fingerprint density at radius 2 is 1.25 bits per heavy atom. The van der Waals surface area contributed by atoms with E-state index in [0.717, 1.165) is 0 Å². The van der Waals surface area contributed by atoms with Crippen molar-refractivity contribution >= 4 is 35.1 Å². The third-order valence-corrected chi connectivity index (χ3v) is 0.734. The highest BCUT2D eigenvalue weighted by molar-refractivity contribution is 6.17. The monoisotopic (exact) mass is 216 g/mol. The van der Waals surface area contributed by atoms with Crippen molar-refractivity contribution < 1.29 is 19.1 Å². The third kappa shape index (κ3) is 22.7. The van der Waals surface area contributed by atoms with Gasteiger partial charge in [0.25, 0.3) is 0 Å². The van der Waals surface area contributed by atoms with Gasteiger partial charge in [-0.2, -0.15) is 0 Å². The molecule has 0 aliphatic carbocycles. The standard InChI is InChI=1S/2C3H5ClO2/c2*1-3(5)6-2-4/h2*2H2,1H3. The molecule has 0 saturated heterocycles. The lowest BCUT2D eigenvalue weighted by Crippen LogP contribution is -1.93. The van der Waals surface area contributed by atoms with E-state index in [2.05, 4.69) is 9.47 Å². The SMILES string of the molecule is CC(=O)OCCl.CC(=O)OCCl. The van der Waals surface area contributed by atoms with Crippen molar-refractivity contribution in [2.75, 3.05) is 12.1 Å². The van der Waals surface area contributed by atoms with Crippen molar-refractivity contribution in [2.45, 2.75) is 13.8 Å². The van der Waals surface area contributed by atoms with Gasteiger partial charge in [-0.1, -0.05) is 23.2 Å². The number of hydrogen-bond donors (Lipinski definition) is 0. The Hall–Kier alpha value is -0.480. The molecule has 0 heterocycles. The lowest BCUT2D eigenvalue weighted by atomic mass is 10.8. The minimum Gasteiger partial charge on any atom is -0.450 e. The van der Waals surface area contributed by atoms with Crippen LogP contribution in [0.25, 0.3) is 0 Å². The zero-order valence-corrected chi connectivity index (χ0v) is 8.31. The van der Waals surface area contributed by atoms with Crippen molar-refractivity contribution in [3.8, 4) is 0 Å². The first-order valence-corrected chi connectivity index (χ1v) is 4.00. The summed E-state index contributed by atoms with van der Waals surface area (Å²) in [6.45, 7) is 2.62. The van der Waals surface area contributed by atoms with Crippen LogP contribution in [0.5, 0.6) is 0 Å².